The van der Waals surface area contributed by atoms with Gasteiger partial charge in [-0.25, -0.2) is 0 Å². The van der Waals surface area contributed by atoms with Crippen LogP contribution in [-0.4, -0.2) is 10.7 Å². The van der Waals surface area contributed by atoms with Crippen molar-refractivity contribution in [2.75, 3.05) is 0 Å². The van der Waals surface area contributed by atoms with E-state index in [1.807, 2.05) is 0 Å². The summed E-state index contributed by atoms with van der Waals surface area (Å²) in [5.74, 6) is 6.33. The van der Waals surface area contributed by atoms with Gasteiger partial charge in [0.15, 0.2) is 0 Å². The summed E-state index contributed by atoms with van der Waals surface area (Å²) in [4.78, 5) is 0. The summed E-state index contributed by atoms with van der Waals surface area (Å²) >= 11 is 0. The normalized spacial score (nSPS) is 46.5. The van der Waals surface area contributed by atoms with Crippen LogP contribution in [0.4, 0.5) is 0 Å². The van der Waals surface area contributed by atoms with Crippen molar-refractivity contribution in [2.24, 2.45) is 57.7 Å². The zero-order chi connectivity index (χ0) is 24.2. The van der Waals surface area contributed by atoms with Crippen LogP contribution in [0.1, 0.15) is 139 Å². The van der Waals surface area contributed by atoms with Gasteiger partial charge in [0.2, 0.25) is 0 Å². The predicted molar refractivity (Wildman–Crippen MR) is 142 cm³/mol. The summed E-state index contributed by atoms with van der Waals surface area (Å²) in [6, 6.07) is 0. The average Bonchev–Trinajstić information content (AvgIpc) is 3.04. The second-order valence-electron chi connectivity index (χ2n) is 15.9. The number of fused-ring (bicyclic) bond motifs is 5. The van der Waals surface area contributed by atoms with Crippen LogP contribution in [0.25, 0.3) is 0 Å². The van der Waals surface area contributed by atoms with Gasteiger partial charge >= 0.3 is 0 Å². The topological polar surface area (TPSA) is 20.2 Å². The van der Waals surface area contributed by atoms with Gasteiger partial charge in [-0.1, -0.05) is 74.7 Å². The first-order chi connectivity index (χ1) is 15.3. The largest absolute Gasteiger partial charge is 0.390 e. The lowest BCUT2D eigenvalue weighted by molar-refractivity contribution is -0.158. The first kappa shape index (κ1) is 26.0. The van der Waals surface area contributed by atoms with E-state index in [0.717, 1.165) is 60.7 Å². The number of aliphatic hydroxyl groups is 1. The standard InChI is InChI=1S/C32H58O/c1-22(2)10-9-11-23(3)26-14-15-27-25-13-12-24-20-32(33,21-29(4,5)6)19-18-30(24,7)28(25)16-17-31(26,27)8/h22-28,33H,9-21H2,1-8H3/t23-,24-,25+,26-,27+,28+,30-,31-,32-/m0/s1. The molecule has 1 nitrogen and oxygen atoms in total. The van der Waals surface area contributed by atoms with Gasteiger partial charge in [0.05, 0.1) is 5.60 Å². The van der Waals surface area contributed by atoms with Gasteiger partial charge in [-0.15, -0.1) is 0 Å². The molecule has 4 fully saturated rings. The van der Waals surface area contributed by atoms with E-state index in [0.29, 0.717) is 10.8 Å². The van der Waals surface area contributed by atoms with Crippen LogP contribution in [0.5, 0.6) is 0 Å². The lowest BCUT2D eigenvalue weighted by Gasteiger charge is -2.62. The zero-order valence-corrected chi connectivity index (χ0v) is 23.7. The number of rotatable bonds is 6. The van der Waals surface area contributed by atoms with Crippen LogP contribution in [-0.2, 0) is 0 Å². The summed E-state index contributed by atoms with van der Waals surface area (Å²) in [5.41, 5.74) is 0.887. The molecule has 4 aliphatic carbocycles. The molecule has 0 unspecified atom stereocenters. The molecule has 33 heavy (non-hydrogen) atoms. The van der Waals surface area contributed by atoms with Gasteiger partial charge in [0.1, 0.15) is 0 Å². The molecule has 1 heteroatoms. The van der Waals surface area contributed by atoms with Crippen LogP contribution >= 0.6 is 0 Å². The molecule has 1 N–H and O–H groups in total. The van der Waals surface area contributed by atoms with Crippen LogP contribution in [0.15, 0.2) is 0 Å². The molecule has 0 radical (unpaired) electrons. The van der Waals surface area contributed by atoms with E-state index in [1.54, 1.807) is 0 Å². The number of hydrogen-bond donors (Lipinski definition) is 1. The maximum absolute atomic E-state index is 11.5. The Hall–Kier alpha value is -0.0400. The molecule has 0 amide bonds. The minimum Gasteiger partial charge on any atom is -0.390 e. The first-order valence-electron chi connectivity index (χ1n) is 15.0. The molecule has 0 aromatic rings. The number of hydrogen-bond acceptors (Lipinski definition) is 1. The second kappa shape index (κ2) is 9.12. The van der Waals surface area contributed by atoms with Crippen LogP contribution in [0, 0.1) is 57.7 Å². The molecule has 0 saturated heterocycles. The van der Waals surface area contributed by atoms with E-state index in [1.165, 1.54) is 64.2 Å². The monoisotopic (exact) mass is 458 g/mol. The van der Waals surface area contributed by atoms with Crippen LogP contribution in [0.2, 0.25) is 0 Å². The van der Waals surface area contributed by atoms with Crippen molar-refractivity contribution in [3.05, 3.63) is 0 Å². The third kappa shape index (κ3) is 4.97. The molecule has 4 aliphatic rings. The van der Waals surface area contributed by atoms with E-state index < -0.39 is 5.60 Å². The zero-order valence-electron chi connectivity index (χ0n) is 23.7. The Morgan fingerprint density at radius 2 is 1.52 bits per heavy atom. The Kier molecular flexibility index (Phi) is 7.19. The minimum absolute atomic E-state index is 0.219. The quantitative estimate of drug-likeness (QED) is 0.420. The van der Waals surface area contributed by atoms with Crippen molar-refractivity contribution in [1.82, 2.24) is 0 Å². The van der Waals surface area contributed by atoms with E-state index in [2.05, 4.69) is 55.4 Å². The highest BCUT2D eigenvalue weighted by Gasteiger charge is 2.61. The maximum Gasteiger partial charge on any atom is 0.0655 e. The van der Waals surface area contributed by atoms with Gasteiger partial charge in [-0.2, -0.15) is 0 Å². The molecule has 4 rings (SSSR count). The van der Waals surface area contributed by atoms with Crippen LogP contribution < -0.4 is 0 Å². The highest BCUT2D eigenvalue weighted by atomic mass is 16.3. The Balaban J connectivity index is 1.45. The summed E-state index contributed by atoms with van der Waals surface area (Å²) in [7, 11) is 0. The SMILES string of the molecule is CC(C)CCC[C@H](C)[C@@H]1CC[C@@H]2[C@H]3CC[C@H]4C[C@](O)(CC(C)(C)C)CC[C@]4(C)[C@@H]3CC[C@]21C. The fourth-order valence-electron chi connectivity index (χ4n) is 10.5. The van der Waals surface area contributed by atoms with Crippen molar-refractivity contribution in [2.45, 2.75) is 144 Å². The molecular formula is C32H58O. The van der Waals surface area contributed by atoms with E-state index in [4.69, 9.17) is 0 Å². The van der Waals surface area contributed by atoms with E-state index >= 15 is 0 Å². The lowest BCUT2D eigenvalue weighted by Crippen LogP contribution is -2.56. The highest BCUT2D eigenvalue weighted by molar-refractivity contribution is 5.11. The van der Waals surface area contributed by atoms with E-state index in [9.17, 15) is 5.11 Å². The van der Waals surface area contributed by atoms with Crippen molar-refractivity contribution < 1.29 is 5.11 Å². The molecule has 0 heterocycles. The van der Waals surface area contributed by atoms with Crippen LogP contribution in [0.3, 0.4) is 0 Å². The molecule has 4 saturated carbocycles. The van der Waals surface area contributed by atoms with Gasteiger partial charge in [0, 0.05) is 0 Å². The molecule has 0 aliphatic heterocycles. The summed E-state index contributed by atoms with van der Waals surface area (Å²) < 4.78 is 0. The molecular weight excluding hydrogens is 400 g/mol. The van der Waals surface area contributed by atoms with Gasteiger partial charge < -0.3 is 5.11 Å². The molecule has 9 atom stereocenters. The van der Waals surface area contributed by atoms with E-state index in [-0.39, 0.29) is 5.41 Å². The average molecular weight is 459 g/mol. The van der Waals surface area contributed by atoms with Crippen molar-refractivity contribution in [1.29, 1.82) is 0 Å². The van der Waals surface area contributed by atoms with Gasteiger partial charge in [-0.05, 0) is 122 Å². The van der Waals surface area contributed by atoms with Gasteiger partial charge in [0.25, 0.3) is 0 Å². The second-order valence-corrected chi connectivity index (χ2v) is 15.9. The van der Waals surface area contributed by atoms with Crippen molar-refractivity contribution >= 4 is 0 Å². The summed E-state index contributed by atoms with van der Waals surface area (Å²) in [5, 5.41) is 11.5. The molecule has 192 valence electrons. The fraction of sp³-hybridized carbons (Fsp3) is 1.00. The van der Waals surface area contributed by atoms with Crippen molar-refractivity contribution in [3.8, 4) is 0 Å². The predicted octanol–water partition coefficient (Wildman–Crippen LogP) is 9.28. The Morgan fingerprint density at radius 3 is 2.18 bits per heavy atom. The third-order valence-electron chi connectivity index (χ3n) is 11.9. The third-order valence-corrected chi connectivity index (χ3v) is 11.9. The summed E-state index contributed by atoms with van der Waals surface area (Å²) in [6.45, 7) is 19.7. The Morgan fingerprint density at radius 1 is 0.818 bits per heavy atom. The molecule has 0 spiro atoms. The first-order valence-corrected chi connectivity index (χ1v) is 15.0. The smallest absolute Gasteiger partial charge is 0.0655 e. The Labute approximate surface area is 207 Å². The minimum atomic E-state index is -0.414. The Bertz CT molecular complexity index is 674. The molecule has 0 aromatic heterocycles. The molecule has 0 bridgehead atoms. The maximum atomic E-state index is 11.5. The highest BCUT2D eigenvalue weighted by Crippen LogP contribution is 2.69. The van der Waals surface area contributed by atoms with Gasteiger partial charge in [-0.3, -0.25) is 0 Å². The summed E-state index contributed by atoms with van der Waals surface area (Å²) in [6.07, 6.45) is 17.4. The fourth-order valence-corrected chi connectivity index (χ4v) is 10.5. The lowest BCUT2D eigenvalue weighted by atomic mass is 9.43. The van der Waals surface area contributed by atoms with Crippen molar-refractivity contribution in [3.63, 3.8) is 0 Å². The molecule has 0 aromatic carbocycles.